The van der Waals surface area contributed by atoms with Gasteiger partial charge in [-0.15, -0.1) is 0 Å². The maximum atomic E-state index is 11.9. The number of carbonyl (C=O) groups excluding carboxylic acids is 1. The summed E-state index contributed by atoms with van der Waals surface area (Å²) in [6.07, 6.45) is 6.80. The van der Waals surface area contributed by atoms with Gasteiger partial charge in [-0.25, -0.2) is 0 Å². The Balaban J connectivity index is 1.99. The van der Waals surface area contributed by atoms with Crippen molar-refractivity contribution in [1.82, 2.24) is 4.98 Å². The Labute approximate surface area is 114 Å². The van der Waals surface area contributed by atoms with Gasteiger partial charge in [-0.1, -0.05) is 44.4 Å². The first kappa shape index (κ1) is 13.5. The summed E-state index contributed by atoms with van der Waals surface area (Å²) < 4.78 is 0. The average molecular weight is 256 g/mol. The van der Waals surface area contributed by atoms with Crippen LogP contribution < -0.4 is 5.32 Å². The summed E-state index contributed by atoms with van der Waals surface area (Å²) in [6, 6.07) is 9.74. The van der Waals surface area contributed by atoms with Crippen molar-refractivity contribution in [3.63, 3.8) is 0 Å². The van der Waals surface area contributed by atoms with Crippen LogP contribution in [-0.2, 0) is 4.79 Å². The Morgan fingerprint density at radius 2 is 2.00 bits per heavy atom. The molecule has 19 heavy (non-hydrogen) atoms. The Kier molecular flexibility index (Phi) is 4.90. The Morgan fingerprint density at radius 1 is 1.16 bits per heavy atom. The van der Waals surface area contributed by atoms with Gasteiger partial charge in [0.25, 0.3) is 0 Å². The number of benzene rings is 1. The van der Waals surface area contributed by atoms with E-state index in [4.69, 9.17) is 0 Å². The smallest absolute Gasteiger partial charge is 0.224 e. The zero-order chi connectivity index (χ0) is 13.5. The number of carbonyl (C=O) groups is 1. The van der Waals surface area contributed by atoms with Gasteiger partial charge >= 0.3 is 0 Å². The number of pyridine rings is 1. The lowest BCUT2D eigenvalue weighted by Gasteiger charge is -2.07. The van der Waals surface area contributed by atoms with Crippen LogP contribution in [-0.4, -0.2) is 10.9 Å². The first-order chi connectivity index (χ1) is 9.31. The average Bonchev–Trinajstić information content (AvgIpc) is 2.44. The second-order valence-electron chi connectivity index (χ2n) is 4.74. The second-order valence-corrected chi connectivity index (χ2v) is 4.74. The molecule has 0 saturated carbocycles. The number of aromatic nitrogens is 1. The van der Waals surface area contributed by atoms with Crippen LogP contribution in [0.25, 0.3) is 10.9 Å². The summed E-state index contributed by atoms with van der Waals surface area (Å²) in [4.78, 5) is 16.2. The van der Waals surface area contributed by atoms with Gasteiger partial charge in [-0.05, 0) is 18.6 Å². The largest absolute Gasteiger partial charge is 0.324 e. The number of para-hydroxylation sites is 1. The molecule has 0 aliphatic carbocycles. The van der Waals surface area contributed by atoms with Crippen molar-refractivity contribution in [2.45, 2.75) is 39.0 Å². The third-order valence-corrected chi connectivity index (χ3v) is 3.16. The number of anilines is 1. The first-order valence-electron chi connectivity index (χ1n) is 6.95. The van der Waals surface area contributed by atoms with Crippen LogP contribution in [0.1, 0.15) is 39.0 Å². The lowest BCUT2D eigenvalue weighted by molar-refractivity contribution is -0.116. The summed E-state index contributed by atoms with van der Waals surface area (Å²) in [5.74, 6) is 0.0780. The van der Waals surface area contributed by atoms with Gasteiger partial charge in [-0.2, -0.15) is 0 Å². The molecule has 0 radical (unpaired) electrons. The number of amides is 1. The van der Waals surface area contributed by atoms with Crippen molar-refractivity contribution in [2.24, 2.45) is 0 Å². The molecule has 3 nitrogen and oxygen atoms in total. The van der Waals surface area contributed by atoms with E-state index < -0.39 is 0 Å². The SMILES string of the molecule is CCCCCCC(=O)Nc1cccc2cccnc12. The normalized spacial score (nSPS) is 10.6. The zero-order valence-corrected chi connectivity index (χ0v) is 11.4. The van der Waals surface area contributed by atoms with Crippen molar-refractivity contribution in [3.05, 3.63) is 36.5 Å². The number of unbranched alkanes of at least 4 members (excludes halogenated alkanes) is 3. The van der Waals surface area contributed by atoms with Gasteiger partial charge in [0.15, 0.2) is 0 Å². The maximum Gasteiger partial charge on any atom is 0.224 e. The Bertz CT molecular complexity index is 546. The summed E-state index contributed by atoms with van der Waals surface area (Å²) in [7, 11) is 0. The third-order valence-electron chi connectivity index (χ3n) is 3.16. The molecule has 1 amide bonds. The van der Waals surface area contributed by atoms with Crippen LogP contribution in [0.4, 0.5) is 5.69 Å². The number of nitrogens with zero attached hydrogens (tertiary/aromatic N) is 1. The molecule has 1 aromatic heterocycles. The minimum atomic E-state index is 0.0780. The predicted octanol–water partition coefficient (Wildman–Crippen LogP) is 4.14. The monoisotopic (exact) mass is 256 g/mol. The standard InChI is InChI=1S/C16H20N2O/c1-2-3-4-5-11-15(19)18-14-10-6-8-13-9-7-12-17-16(13)14/h6-10,12H,2-5,11H2,1H3,(H,18,19). The maximum absolute atomic E-state index is 11.9. The van der Waals surface area contributed by atoms with Gasteiger partial charge in [-0.3, -0.25) is 9.78 Å². The summed E-state index contributed by atoms with van der Waals surface area (Å²) in [5, 5.41) is 4.01. The van der Waals surface area contributed by atoms with E-state index in [2.05, 4.69) is 17.2 Å². The fraction of sp³-hybridized carbons (Fsp3) is 0.375. The molecule has 2 rings (SSSR count). The van der Waals surface area contributed by atoms with E-state index >= 15 is 0 Å². The van der Waals surface area contributed by atoms with Crippen molar-refractivity contribution < 1.29 is 4.79 Å². The highest BCUT2D eigenvalue weighted by atomic mass is 16.1. The number of hydrogen-bond donors (Lipinski definition) is 1. The molecule has 0 saturated heterocycles. The topological polar surface area (TPSA) is 42.0 Å². The zero-order valence-electron chi connectivity index (χ0n) is 11.4. The molecule has 0 spiro atoms. The molecule has 3 heteroatoms. The summed E-state index contributed by atoms with van der Waals surface area (Å²) in [5.41, 5.74) is 1.66. The second kappa shape index (κ2) is 6.88. The minimum Gasteiger partial charge on any atom is -0.324 e. The minimum absolute atomic E-state index is 0.0780. The lowest BCUT2D eigenvalue weighted by atomic mass is 10.1. The molecule has 0 atom stereocenters. The van der Waals surface area contributed by atoms with Crippen molar-refractivity contribution >= 4 is 22.5 Å². The van der Waals surface area contributed by atoms with Crippen LogP contribution in [0, 0.1) is 0 Å². The number of rotatable bonds is 6. The number of nitrogens with one attached hydrogen (secondary N) is 1. The van der Waals surface area contributed by atoms with Crippen LogP contribution >= 0.6 is 0 Å². The molecule has 0 aliphatic rings. The van der Waals surface area contributed by atoms with Crippen molar-refractivity contribution in [1.29, 1.82) is 0 Å². The van der Waals surface area contributed by atoms with E-state index in [1.54, 1.807) is 6.20 Å². The number of fused-ring (bicyclic) bond motifs is 1. The predicted molar refractivity (Wildman–Crippen MR) is 79.1 cm³/mol. The molecular weight excluding hydrogens is 236 g/mol. The van der Waals surface area contributed by atoms with Crippen molar-refractivity contribution in [2.75, 3.05) is 5.32 Å². The fourth-order valence-corrected chi connectivity index (χ4v) is 2.13. The first-order valence-corrected chi connectivity index (χ1v) is 6.95. The molecule has 100 valence electrons. The van der Waals surface area contributed by atoms with Gasteiger partial charge in [0, 0.05) is 18.0 Å². The van der Waals surface area contributed by atoms with Gasteiger partial charge in [0.05, 0.1) is 11.2 Å². The van der Waals surface area contributed by atoms with Gasteiger partial charge in [0.1, 0.15) is 0 Å². The van der Waals surface area contributed by atoms with E-state index in [-0.39, 0.29) is 5.91 Å². The lowest BCUT2D eigenvalue weighted by Crippen LogP contribution is -2.11. The molecule has 2 aromatic rings. The van der Waals surface area contributed by atoms with Gasteiger partial charge < -0.3 is 5.32 Å². The van der Waals surface area contributed by atoms with Crippen LogP contribution in [0.2, 0.25) is 0 Å². The summed E-state index contributed by atoms with van der Waals surface area (Å²) in [6.45, 7) is 2.17. The molecule has 1 N–H and O–H groups in total. The molecule has 0 unspecified atom stereocenters. The Morgan fingerprint density at radius 3 is 2.84 bits per heavy atom. The molecule has 0 aliphatic heterocycles. The number of hydrogen-bond acceptors (Lipinski definition) is 2. The highest BCUT2D eigenvalue weighted by molar-refractivity contribution is 6.00. The summed E-state index contributed by atoms with van der Waals surface area (Å²) >= 11 is 0. The molecule has 1 aromatic carbocycles. The van der Waals surface area contributed by atoms with Crippen LogP contribution in [0.5, 0.6) is 0 Å². The van der Waals surface area contributed by atoms with Crippen LogP contribution in [0.3, 0.4) is 0 Å². The fourth-order valence-electron chi connectivity index (χ4n) is 2.13. The molecule has 1 heterocycles. The quantitative estimate of drug-likeness (QED) is 0.789. The Hall–Kier alpha value is -1.90. The van der Waals surface area contributed by atoms with E-state index in [1.807, 2.05) is 30.3 Å². The van der Waals surface area contributed by atoms with Crippen molar-refractivity contribution in [3.8, 4) is 0 Å². The van der Waals surface area contributed by atoms with E-state index in [0.717, 1.165) is 29.4 Å². The molecule has 0 bridgehead atoms. The highest BCUT2D eigenvalue weighted by Gasteiger charge is 2.06. The molecule has 0 fully saturated rings. The molecular formula is C16H20N2O. The van der Waals surface area contributed by atoms with Crippen LogP contribution in [0.15, 0.2) is 36.5 Å². The highest BCUT2D eigenvalue weighted by Crippen LogP contribution is 2.20. The van der Waals surface area contributed by atoms with E-state index in [1.165, 1.54) is 12.8 Å². The van der Waals surface area contributed by atoms with Gasteiger partial charge in [0.2, 0.25) is 5.91 Å². The van der Waals surface area contributed by atoms with E-state index in [0.29, 0.717) is 6.42 Å². The third kappa shape index (κ3) is 3.78. The van der Waals surface area contributed by atoms with E-state index in [9.17, 15) is 4.79 Å².